The van der Waals surface area contributed by atoms with Crippen LogP contribution >= 0.6 is 11.6 Å². The number of rotatable bonds is 7. The minimum atomic E-state index is -2.66. The first-order valence-electron chi connectivity index (χ1n) is 14.8. The molecular formula is C32H31ClF3N3O5. The van der Waals surface area contributed by atoms with E-state index in [0.29, 0.717) is 50.4 Å². The molecule has 1 spiro atoms. The third-order valence-electron chi connectivity index (χ3n) is 9.97. The number of carbonyl (C=O) groups excluding carboxylic acids is 1. The van der Waals surface area contributed by atoms with Crippen molar-refractivity contribution in [3.05, 3.63) is 75.2 Å². The molecule has 1 aromatic heterocycles. The molecule has 2 unspecified atom stereocenters. The second kappa shape index (κ2) is 10.6. The average Bonchev–Trinajstić information content (AvgIpc) is 3.53. The molecule has 0 radical (unpaired) electrons. The molecule has 2 aromatic carbocycles. The highest BCUT2D eigenvalue weighted by Gasteiger charge is 2.54. The van der Waals surface area contributed by atoms with Gasteiger partial charge in [0.25, 0.3) is 0 Å². The molecule has 1 saturated carbocycles. The summed E-state index contributed by atoms with van der Waals surface area (Å²) in [6, 6.07) is 8.15. The summed E-state index contributed by atoms with van der Waals surface area (Å²) in [5.74, 6) is -2.51. The molecule has 2 saturated heterocycles. The smallest absolute Gasteiger partial charge is 0.335 e. The number of benzene rings is 2. The lowest BCUT2D eigenvalue weighted by Gasteiger charge is -2.38. The van der Waals surface area contributed by atoms with Crippen LogP contribution in [0.1, 0.15) is 64.7 Å². The molecule has 2 aliphatic carbocycles. The molecular weight excluding hydrogens is 599 g/mol. The number of carbonyl (C=O) groups is 2. The van der Waals surface area contributed by atoms with Crippen LogP contribution in [0.3, 0.4) is 0 Å². The van der Waals surface area contributed by atoms with E-state index in [4.69, 9.17) is 16.3 Å². The SMILES string of the molecule is O=C(O)c1ccc(-c2nn(C(O)c3c(Cl)cccc3C3(C(F)F)CC3)c3c2CCC(C(=O)N2CCC4(COC4)C2)C3)c(F)c1. The van der Waals surface area contributed by atoms with Crippen molar-refractivity contribution >= 4 is 23.5 Å². The highest BCUT2D eigenvalue weighted by molar-refractivity contribution is 6.31. The van der Waals surface area contributed by atoms with E-state index in [0.717, 1.165) is 12.5 Å². The number of carboxylic acid groups (broad SMARTS) is 1. The van der Waals surface area contributed by atoms with Gasteiger partial charge >= 0.3 is 5.97 Å². The minimum absolute atomic E-state index is 0.00623. The number of fused-ring (bicyclic) bond motifs is 1. The molecule has 8 nitrogen and oxygen atoms in total. The van der Waals surface area contributed by atoms with E-state index in [1.807, 2.05) is 4.90 Å². The Kier molecular flexibility index (Phi) is 7.06. The number of alkyl halides is 2. The first-order valence-corrected chi connectivity index (χ1v) is 15.2. The molecule has 3 fully saturated rings. The maximum atomic E-state index is 15.4. The molecule has 2 aliphatic heterocycles. The molecule has 4 aliphatic rings. The number of hydrogen-bond acceptors (Lipinski definition) is 5. The number of likely N-dealkylation sites (tertiary alicyclic amines) is 1. The van der Waals surface area contributed by atoms with Crippen LogP contribution in [0.15, 0.2) is 36.4 Å². The monoisotopic (exact) mass is 629 g/mol. The fraction of sp³-hybridized carbons (Fsp3) is 0.469. The Labute approximate surface area is 256 Å². The first kappa shape index (κ1) is 29.3. The Balaban J connectivity index is 1.30. The summed E-state index contributed by atoms with van der Waals surface area (Å²) in [7, 11) is 0. The van der Waals surface area contributed by atoms with E-state index < -0.39 is 35.8 Å². The van der Waals surface area contributed by atoms with E-state index in [9.17, 15) is 28.6 Å². The van der Waals surface area contributed by atoms with E-state index in [1.54, 1.807) is 12.1 Å². The predicted octanol–water partition coefficient (Wildman–Crippen LogP) is 5.23. The summed E-state index contributed by atoms with van der Waals surface area (Å²) < 4.78 is 50.6. The number of amides is 1. The Hall–Kier alpha value is -3.41. The van der Waals surface area contributed by atoms with Gasteiger partial charge in [-0.05, 0) is 61.9 Å². The van der Waals surface area contributed by atoms with Crippen molar-refractivity contribution in [1.82, 2.24) is 14.7 Å². The summed E-state index contributed by atoms with van der Waals surface area (Å²) in [6.45, 7) is 2.54. The van der Waals surface area contributed by atoms with Gasteiger partial charge in [-0.3, -0.25) is 4.79 Å². The lowest BCUT2D eigenvalue weighted by Crippen LogP contribution is -2.46. The summed E-state index contributed by atoms with van der Waals surface area (Å²) in [5, 5.41) is 25.9. The molecule has 2 atom stereocenters. The quantitative estimate of drug-likeness (QED) is 0.371. The molecule has 12 heteroatoms. The van der Waals surface area contributed by atoms with E-state index >= 15 is 4.39 Å². The number of aliphatic hydroxyl groups excluding tert-OH is 1. The van der Waals surface area contributed by atoms with Crippen LogP contribution in [0.5, 0.6) is 0 Å². The van der Waals surface area contributed by atoms with Crippen LogP contribution < -0.4 is 0 Å². The Morgan fingerprint density at radius 1 is 1.14 bits per heavy atom. The standard InChI is InChI=1S/C32H31ClF3N3O5/c33-22-3-1-2-21(32(8-9-32)30(35)36)25(22)28(41)39-24-13-17(27(40)38-11-10-31(14-38)15-44-16-31)4-7-20(24)26(37-39)19-6-5-18(29(42)43)12-23(19)34/h1-3,5-6,12,17,28,30,41H,4,7-11,13-16H2,(H,42,43). The number of halogens is 4. The van der Waals surface area contributed by atoms with Crippen molar-refractivity contribution < 1.29 is 37.7 Å². The van der Waals surface area contributed by atoms with Gasteiger partial charge in [0.2, 0.25) is 12.3 Å². The molecule has 1 amide bonds. The highest BCUT2D eigenvalue weighted by Crippen LogP contribution is 2.55. The lowest BCUT2D eigenvalue weighted by atomic mass is 9.84. The Morgan fingerprint density at radius 2 is 1.91 bits per heavy atom. The fourth-order valence-electron chi connectivity index (χ4n) is 7.21. The van der Waals surface area contributed by atoms with Crippen LogP contribution in [0.2, 0.25) is 5.02 Å². The molecule has 7 rings (SSSR count). The molecule has 3 heterocycles. The third-order valence-corrected chi connectivity index (χ3v) is 10.3. The lowest BCUT2D eigenvalue weighted by molar-refractivity contribution is -0.139. The van der Waals surface area contributed by atoms with Gasteiger partial charge in [-0.15, -0.1) is 0 Å². The number of carboxylic acids is 1. The van der Waals surface area contributed by atoms with Crippen molar-refractivity contribution in [2.75, 3.05) is 26.3 Å². The van der Waals surface area contributed by atoms with Gasteiger partial charge in [0.05, 0.1) is 29.9 Å². The topological polar surface area (TPSA) is 105 Å². The van der Waals surface area contributed by atoms with E-state index in [-0.39, 0.29) is 63.6 Å². The minimum Gasteiger partial charge on any atom is -0.478 e. The van der Waals surface area contributed by atoms with Crippen LogP contribution in [0.4, 0.5) is 13.2 Å². The van der Waals surface area contributed by atoms with Gasteiger partial charge in [0, 0.05) is 58.3 Å². The molecule has 3 aromatic rings. The largest absolute Gasteiger partial charge is 0.478 e. The Bertz CT molecular complexity index is 1670. The van der Waals surface area contributed by atoms with Gasteiger partial charge in [0.1, 0.15) is 5.82 Å². The second-order valence-electron chi connectivity index (χ2n) is 12.7. The van der Waals surface area contributed by atoms with Gasteiger partial charge in [-0.2, -0.15) is 5.10 Å². The van der Waals surface area contributed by atoms with Gasteiger partial charge in [0.15, 0.2) is 6.23 Å². The van der Waals surface area contributed by atoms with Gasteiger partial charge in [-0.25, -0.2) is 22.6 Å². The number of aromatic carboxylic acids is 1. The second-order valence-corrected chi connectivity index (χ2v) is 13.1. The van der Waals surface area contributed by atoms with Crippen molar-refractivity contribution in [3.63, 3.8) is 0 Å². The zero-order valence-corrected chi connectivity index (χ0v) is 24.5. The van der Waals surface area contributed by atoms with Crippen molar-refractivity contribution in [3.8, 4) is 11.3 Å². The average molecular weight is 630 g/mol. The third kappa shape index (κ3) is 4.62. The fourth-order valence-corrected chi connectivity index (χ4v) is 7.48. The number of aliphatic hydroxyl groups is 1. The first-order chi connectivity index (χ1) is 21.0. The molecule has 232 valence electrons. The van der Waals surface area contributed by atoms with Gasteiger partial charge < -0.3 is 19.8 Å². The van der Waals surface area contributed by atoms with E-state index in [1.165, 1.54) is 22.9 Å². The summed E-state index contributed by atoms with van der Waals surface area (Å²) >= 11 is 6.57. The Morgan fingerprint density at radius 3 is 2.52 bits per heavy atom. The normalized spacial score (nSPS) is 22.1. The number of aromatic nitrogens is 2. The van der Waals surface area contributed by atoms with E-state index in [2.05, 4.69) is 5.10 Å². The zero-order chi connectivity index (χ0) is 31.0. The zero-order valence-electron chi connectivity index (χ0n) is 23.7. The number of hydrogen-bond donors (Lipinski definition) is 2. The number of ether oxygens (including phenoxy) is 1. The maximum absolute atomic E-state index is 15.4. The van der Waals surface area contributed by atoms with Crippen molar-refractivity contribution in [1.29, 1.82) is 0 Å². The van der Waals surface area contributed by atoms with Crippen LogP contribution in [-0.2, 0) is 27.8 Å². The maximum Gasteiger partial charge on any atom is 0.335 e. The van der Waals surface area contributed by atoms with Crippen molar-refractivity contribution in [2.45, 2.75) is 56.6 Å². The van der Waals surface area contributed by atoms with Crippen LogP contribution in [-0.4, -0.2) is 69.5 Å². The summed E-state index contributed by atoms with van der Waals surface area (Å²) in [4.78, 5) is 27.0. The molecule has 2 N–H and O–H groups in total. The molecule has 0 bridgehead atoms. The summed E-state index contributed by atoms with van der Waals surface area (Å²) in [6.07, 6.45) is -1.86. The van der Waals surface area contributed by atoms with Crippen molar-refractivity contribution in [2.24, 2.45) is 11.3 Å². The summed E-state index contributed by atoms with van der Waals surface area (Å²) in [5.41, 5.74) is 0.0581. The van der Waals surface area contributed by atoms with Crippen LogP contribution in [0.25, 0.3) is 11.3 Å². The highest BCUT2D eigenvalue weighted by atomic mass is 35.5. The van der Waals surface area contributed by atoms with Gasteiger partial charge in [-0.1, -0.05) is 23.7 Å². The predicted molar refractivity (Wildman–Crippen MR) is 153 cm³/mol. The molecule has 44 heavy (non-hydrogen) atoms. The van der Waals surface area contributed by atoms with Crippen LogP contribution in [0, 0.1) is 17.2 Å². The number of nitrogens with zero attached hydrogens (tertiary/aromatic N) is 3.